The Morgan fingerprint density at radius 1 is 1.19 bits per heavy atom. The average molecular weight is 302 g/mol. The van der Waals surface area contributed by atoms with Gasteiger partial charge in [-0.15, -0.1) is 0 Å². The second-order valence-electron chi connectivity index (χ2n) is 5.74. The summed E-state index contributed by atoms with van der Waals surface area (Å²) in [4.78, 5) is 0. The number of hydrogen-bond acceptors (Lipinski definition) is 2. The summed E-state index contributed by atoms with van der Waals surface area (Å²) in [5.41, 5.74) is 2.19. The predicted molar refractivity (Wildman–Crippen MR) is 90.5 cm³/mol. The second kappa shape index (κ2) is 6.94. The van der Waals surface area contributed by atoms with E-state index in [-0.39, 0.29) is 0 Å². The van der Waals surface area contributed by atoms with Crippen LogP contribution in [0.15, 0.2) is 34.9 Å². The number of furan rings is 1. The third-order valence-electron chi connectivity index (χ3n) is 4.18. The van der Waals surface area contributed by atoms with Crippen LogP contribution in [0.1, 0.15) is 37.7 Å². The average Bonchev–Trinajstić information content (AvgIpc) is 2.92. The van der Waals surface area contributed by atoms with E-state index in [1.165, 1.54) is 43.1 Å². The molecular weight excluding hydrogens is 280 g/mol. The minimum atomic E-state index is 0.563. The molecule has 0 bridgehead atoms. The van der Waals surface area contributed by atoms with Crippen LogP contribution >= 0.6 is 12.2 Å². The molecule has 2 aromatic rings. The number of para-hydroxylation sites is 1. The Morgan fingerprint density at radius 2 is 2.00 bits per heavy atom. The molecule has 1 aliphatic carbocycles. The molecule has 0 amide bonds. The molecule has 1 aromatic heterocycles. The maximum Gasteiger partial charge on any atom is 0.166 e. The van der Waals surface area contributed by atoms with Crippen LogP contribution in [0.5, 0.6) is 0 Å². The fraction of sp³-hybridized carbons (Fsp3) is 0.471. The molecular formula is C17H22N2OS. The smallest absolute Gasteiger partial charge is 0.166 e. The largest absolute Gasteiger partial charge is 0.464 e. The Hall–Kier alpha value is -1.55. The van der Waals surface area contributed by atoms with Gasteiger partial charge in [0.25, 0.3) is 0 Å². The summed E-state index contributed by atoms with van der Waals surface area (Å²) >= 11 is 5.38. The maximum atomic E-state index is 5.55. The van der Waals surface area contributed by atoms with E-state index in [0.29, 0.717) is 6.04 Å². The van der Waals surface area contributed by atoms with Crippen molar-refractivity contribution in [2.45, 2.75) is 44.6 Å². The van der Waals surface area contributed by atoms with Crippen LogP contribution in [0.3, 0.4) is 0 Å². The summed E-state index contributed by atoms with van der Waals surface area (Å²) in [6, 6.07) is 8.71. The van der Waals surface area contributed by atoms with E-state index in [4.69, 9.17) is 16.6 Å². The molecule has 1 heterocycles. The Kier molecular flexibility index (Phi) is 4.76. The van der Waals surface area contributed by atoms with Gasteiger partial charge in [-0.05, 0) is 43.1 Å². The van der Waals surface area contributed by atoms with Crippen molar-refractivity contribution in [2.75, 3.05) is 6.54 Å². The molecule has 0 radical (unpaired) electrons. The highest BCUT2D eigenvalue weighted by Crippen LogP contribution is 2.20. The van der Waals surface area contributed by atoms with E-state index >= 15 is 0 Å². The van der Waals surface area contributed by atoms with E-state index in [1.807, 2.05) is 24.5 Å². The molecule has 0 atom stereocenters. The van der Waals surface area contributed by atoms with Crippen molar-refractivity contribution in [3.8, 4) is 0 Å². The lowest BCUT2D eigenvalue weighted by Crippen LogP contribution is -2.43. The van der Waals surface area contributed by atoms with Crippen LogP contribution in [0.4, 0.5) is 0 Å². The topological polar surface area (TPSA) is 37.2 Å². The first-order chi connectivity index (χ1) is 10.3. The van der Waals surface area contributed by atoms with Crippen molar-refractivity contribution < 1.29 is 4.42 Å². The first kappa shape index (κ1) is 14.4. The standard InChI is InChI=1S/C17H22N2OS/c21-17(19-14-6-2-1-3-7-14)18-11-10-13-12-20-16-9-5-4-8-15(13)16/h4-5,8-9,12,14H,1-3,6-7,10-11H2,(H2,18,19,21). The summed E-state index contributed by atoms with van der Waals surface area (Å²) in [5, 5.41) is 8.73. The highest BCUT2D eigenvalue weighted by Gasteiger charge is 2.13. The summed E-state index contributed by atoms with van der Waals surface area (Å²) in [6.07, 6.45) is 9.27. The van der Waals surface area contributed by atoms with Gasteiger partial charge in [0.2, 0.25) is 0 Å². The minimum Gasteiger partial charge on any atom is -0.464 e. The quantitative estimate of drug-likeness (QED) is 0.843. The molecule has 1 saturated carbocycles. The van der Waals surface area contributed by atoms with Gasteiger partial charge in [-0.25, -0.2) is 0 Å². The van der Waals surface area contributed by atoms with Crippen molar-refractivity contribution in [2.24, 2.45) is 0 Å². The summed E-state index contributed by atoms with van der Waals surface area (Å²) < 4.78 is 5.55. The predicted octanol–water partition coefficient (Wildman–Crippen LogP) is 3.77. The Morgan fingerprint density at radius 3 is 2.86 bits per heavy atom. The molecule has 3 rings (SSSR count). The lowest BCUT2D eigenvalue weighted by atomic mass is 9.96. The van der Waals surface area contributed by atoms with Crippen molar-refractivity contribution in [3.63, 3.8) is 0 Å². The molecule has 1 fully saturated rings. The second-order valence-corrected chi connectivity index (χ2v) is 6.15. The van der Waals surface area contributed by atoms with Crippen LogP contribution in [-0.2, 0) is 6.42 Å². The highest BCUT2D eigenvalue weighted by atomic mass is 32.1. The number of benzene rings is 1. The third-order valence-corrected chi connectivity index (χ3v) is 4.44. The lowest BCUT2D eigenvalue weighted by molar-refractivity contribution is 0.412. The zero-order chi connectivity index (χ0) is 14.5. The molecule has 0 unspecified atom stereocenters. The SMILES string of the molecule is S=C(NCCc1coc2ccccc12)NC1CCCCC1. The molecule has 3 nitrogen and oxygen atoms in total. The van der Waals surface area contributed by atoms with Crippen LogP contribution in [0.25, 0.3) is 11.0 Å². The maximum absolute atomic E-state index is 5.55. The van der Waals surface area contributed by atoms with Crippen molar-refractivity contribution in [1.82, 2.24) is 10.6 Å². The zero-order valence-corrected chi connectivity index (χ0v) is 13.0. The summed E-state index contributed by atoms with van der Waals surface area (Å²) in [7, 11) is 0. The number of thiocarbonyl (C=S) groups is 1. The van der Waals surface area contributed by atoms with Gasteiger partial charge in [0.15, 0.2) is 5.11 Å². The Bertz CT molecular complexity index is 602. The fourth-order valence-corrected chi connectivity index (χ4v) is 3.29. The van der Waals surface area contributed by atoms with E-state index < -0.39 is 0 Å². The van der Waals surface area contributed by atoms with Gasteiger partial charge in [0, 0.05) is 18.0 Å². The normalized spacial score (nSPS) is 16.0. The third kappa shape index (κ3) is 3.76. The Labute approximate surface area is 131 Å². The number of hydrogen-bond donors (Lipinski definition) is 2. The van der Waals surface area contributed by atoms with Crippen LogP contribution < -0.4 is 10.6 Å². The van der Waals surface area contributed by atoms with Gasteiger partial charge in [-0.1, -0.05) is 37.5 Å². The molecule has 112 valence electrons. The molecule has 0 saturated heterocycles. The number of nitrogens with one attached hydrogen (secondary N) is 2. The van der Waals surface area contributed by atoms with Gasteiger partial charge in [0.1, 0.15) is 5.58 Å². The molecule has 0 spiro atoms. The van der Waals surface area contributed by atoms with E-state index in [9.17, 15) is 0 Å². The van der Waals surface area contributed by atoms with E-state index in [2.05, 4.69) is 16.7 Å². The molecule has 1 aliphatic rings. The fourth-order valence-electron chi connectivity index (χ4n) is 3.02. The molecule has 21 heavy (non-hydrogen) atoms. The number of rotatable bonds is 4. The van der Waals surface area contributed by atoms with Crippen molar-refractivity contribution in [3.05, 3.63) is 36.1 Å². The van der Waals surface area contributed by atoms with Gasteiger partial charge in [0.05, 0.1) is 6.26 Å². The molecule has 4 heteroatoms. The van der Waals surface area contributed by atoms with Gasteiger partial charge >= 0.3 is 0 Å². The molecule has 2 N–H and O–H groups in total. The lowest BCUT2D eigenvalue weighted by Gasteiger charge is -2.24. The molecule has 1 aromatic carbocycles. The van der Waals surface area contributed by atoms with E-state index in [0.717, 1.165) is 23.7 Å². The first-order valence-corrected chi connectivity index (χ1v) is 8.23. The van der Waals surface area contributed by atoms with Crippen molar-refractivity contribution >= 4 is 28.3 Å². The van der Waals surface area contributed by atoms with Crippen LogP contribution in [-0.4, -0.2) is 17.7 Å². The summed E-state index contributed by atoms with van der Waals surface area (Å²) in [5.74, 6) is 0. The Balaban J connectivity index is 1.46. The number of fused-ring (bicyclic) bond motifs is 1. The van der Waals surface area contributed by atoms with Gasteiger partial charge < -0.3 is 15.1 Å². The van der Waals surface area contributed by atoms with Gasteiger partial charge in [-0.2, -0.15) is 0 Å². The zero-order valence-electron chi connectivity index (χ0n) is 12.2. The highest BCUT2D eigenvalue weighted by molar-refractivity contribution is 7.80. The minimum absolute atomic E-state index is 0.563. The van der Waals surface area contributed by atoms with E-state index in [1.54, 1.807) is 0 Å². The monoisotopic (exact) mass is 302 g/mol. The summed E-state index contributed by atoms with van der Waals surface area (Å²) in [6.45, 7) is 0.835. The van der Waals surface area contributed by atoms with Gasteiger partial charge in [-0.3, -0.25) is 0 Å². The van der Waals surface area contributed by atoms with Crippen molar-refractivity contribution in [1.29, 1.82) is 0 Å². The van der Waals surface area contributed by atoms with Crippen LogP contribution in [0.2, 0.25) is 0 Å². The molecule has 0 aliphatic heterocycles. The first-order valence-electron chi connectivity index (χ1n) is 7.82. The van der Waals surface area contributed by atoms with Crippen LogP contribution in [0, 0.1) is 0 Å².